The fourth-order valence-electron chi connectivity index (χ4n) is 1.15. The summed E-state index contributed by atoms with van der Waals surface area (Å²) in [4.78, 5) is 2.44. The summed E-state index contributed by atoms with van der Waals surface area (Å²) in [5.41, 5.74) is 0. The van der Waals surface area contributed by atoms with Crippen LogP contribution in [0.4, 0.5) is 0 Å². The SMILES string of the molecule is CCN(CC(C)CCl)C(C)C. The Morgan fingerprint density at radius 2 is 1.82 bits per heavy atom. The third-order valence-electron chi connectivity index (χ3n) is 1.95. The molecule has 0 aliphatic heterocycles. The smallest absolute Gasteiger partial charge is 0.0261 e. The molecule has 1 unspecified atom stereocenters. The van der Waals surface area contributed by atoms with Crippen molar-refractivity contribution in [1.82, 2.24) is 4.90 Å². The number of nitrogens with zero attached hydrogens (tertiary/aromatic N) is 1. The van der Waals surface area contributed by atoms with E-state index in [1.807, 2.05) is 0 Å². The van der Waals surface area contributed by atoms with E-state index in [-0.39, 0.29) is 0 Å². The lowest BCUT2D eigenvalue weighted by molar-refractivity contribution is 0.209. The minimum Gasteiger partial charge on any atom is -0.301 e. The molecule has 0 aromatic carbocycles. The molecule has 0 aliphatic rings. The molecule has 0 amide bonds. The Balaban J connectivity index is 3.68. The van der Waals surface area contributed by atoms with E-state index in [0.29, 0.717) is 12.0 Å². The van der Waals surface area contributed by atoms with Crippen molar-refractivity contribution in [3.8, 4) is 0 Å². The maximum absolute atomic E-state index is 5.73. The van der Waals surface area contributed by atoms with E-state index in [2.05, 4.69) is 32.6 Å². The van der Waals surface area contributed by atoms with E-state index in [9.17, 15) is 0 Å². The van der Waals surface area contributed by atoms with Gasteiger partial charge in [-0.3, -0.25) is 0 Å². The van der Waals surface area contributed by atoms with Gasteiger partial charge in [0.2, 0.25) is 0 Å². The number of hydrogen-bond donors (Lipinski definition) is 0. The number of alkyl halides is 1. The summed E-state index contributed by atoms with van der Waals surface area (Å²) >= 11 is 5.73. The Bertz CT molecular complexity index is 93.6. The third kappa shape index (κ3) is 4.65. The molecule has 68 valence electrons. The average Bonchev–Trinajstić information content (AvgIpc) is 1.99. The summed E-state index contributed by atoms with van der Waals surface area (Å²) < 4.78 is 0. The highest BCUT2D eigenvalue weighted by Crippen LogP contribution is 2.05. The molecular weight excluding hydrogens is 158 g/mol. The lowest BCUT2D eigenvalue weighted by Crippen LogP contribution is -2.34. The Hall–Kier alpha value is 0.250. The summed E-state index contributed by atoms with van der Waals surface area (Å²) in [5.74, 6) is 1.38. The van der Waals surface area contributed by atoms with Gasteiger partial charge in [-0.15, -0.1) is 11.6 Å². The molecule has 0 aromatic heterocycles. The minimum absolute atomic E-state index is 0.610. The lowest BCUT2D eigenvalue weighted by atomic mass is 10.2. The molecule has 0 radical (unpaired) electrons. The van der Waals surface area contributed by atoms with Crippen molar-refractivity contribution in [2.75, 3.05) is 19.0 Å². The summed E-state index contributed by atoms with van der Waals surface area (Å²) in [6.07, 6.45) is 0. The normalized spacial score (nSPS) is 14.5. The summed E-state index contributed by atoms with van der Waals surface area (Å²) in [6.45, 7) is 11.1. The van der Waals surface area contributed by atoms with Gasteiger partial charge in [0.15, 0.2) is 0 Å². The molecule has 11 heavy (non-hydrogen) atoms. The van der Waals surface area contributed by atoms with Gasteiger partial charge in [-0.05, 0) is 26.3 Å². The summed E-state index contributed by atoms with van der Waals surface area (Å²) in [7, 11) is 0. The molecule has 0 bridgehead atoms. The van der Waals surface area contributed by atoms with Crippen LogP contribution in [0.5, 0.6) is 0 Å². The van der Waals surface area contributed by atoms with E-state index in [0.717, 1.165) is 19.0 Å². The van der Waals surface area contributed by atoms with Gasteiger partial charge in [-0.1, -0.05) is 13.8 Å². The van der Waals surface area contributed by atoms with Crippen LogP contribution in [-0.2, 0) is 0 Å². The molecule has 0 aliphatic carbocycles. The van der Waals surface area contributed by atoms with Crippen LogP contribution >= 0.6 is 11.6 Å². The van der Waals surface area contributed by atoms with E-state index in [4.69, 9.17) is 11.6 Å². The van der Waals surface area contributed by atoms with Crippen LogP contribution in [-0.4, -0.2) is 29.9 Å². The van der Waals surface area contributed by atoms with Gasteiger partial charge in [0.25, 0.3) is 0 Å². The highest BCUT2D eigenvalue weighted by atomic mass is 35.5. The first-order chi connectivity index (χ1) is 5.11. The molecule has 2 heteroatoms. The average molecular weight is 178 g/mol. The van der Waals surface area contributed by atoms with Crippen LogP contribution in [0.2, 0.25) is 0 Å². The molecule has 0 spiro atoms. The second kappa shape index (κ2) is 5.84. The van der Waals surface area contributed by atoms with Crippen LogP contribution in [0.3, 0.4) is 0 Å². The van der Waals surface area contributed by atoms with Gasteiger partial charge in [-0.2, -0.15) is 0 Å². The van der Waals surface area contributed by atoms with Crippen molar-refractivity contribution >= 4 is 11.6 Å². The molecule has 0 heterocycles. The van der Waals surface area contributed by atoms with Gasteiger partial charge in [0.05, 0.1) is 0 Å². The quantitative estimate of drug-likeness (QED) is 0.584. The lowest BCUT2D eigenvalue weighted by Gasteiger charge is -2.27. The van der Waals surface area contributed by atoms with Crippen molar-refractivity contribution in [1.29, 1.82) is 0 Å². The highest BCUT2D eigenvalue weighted by molar-refractivity contribution is 6.18. The maximum atomic E-state index is 5.73. The van der Waals surface area contributed by atoms with E-state index in [1.54, 1.807) is 0 Å². The zero-order chi connectivity index (χ0) is 8.85. The van der Waals surface area contributed by atoms with E-state index < -0.39 is 0 Å². The Labute approximate surface area is 75.7 Å². The zero-order valence-corrected chi connectivity index (χ0v) is 8.86. The number of halogens is 1. The molecule has 0 N–H and O–H groups in total. The Kier molecular flexibility index (Phi) is 5.98. The van der Waals surface area contributed by atoms with Crippen molar-refractivity contribution in [2.45, 2.75) is 33.7 Å². The Morgan fingerprint density at radius 3 is 2.09 bits per heavy atom. The summed E-state index contributed by atoms with van der Waals surface area (Å²) in [6, 6.07) is 0.644. The standard InChI is InChI=1S/C9H20ClN/c1-5-11(8(2)3)7-9(4)6-10/h8-9H,5-7H2,1-4H3. The topological polar surface area (TPSA) is 3.24 Å². The molecule has 0 aromatic rings. The third-order valence-corrected chi connectivity index (χ3v) is 2.47. The maximum Gasteiger partial charge on any atom is 0.0261 e. The van der Waals surface area contributed by atoms with Gasteiger partial charge in [0, 0.05) is 18.5 Å². The number of rotatable bonds is 5. The second-order valence-corrected chi connectivity index (χ2v) is 3.75. The van der Waals surface area contributed by atoms with Gasteiger partial charge >= 0.3 is 0 Å². The van der Waals surface area contributed by atoms with Crippen molar-refractivity contribution < 1.29 is 0 Å². The predicted molar refractivity (Wildman–Crippen MR) is 52.3 cm³/mol. The van der Waals surface area contributed by atoms with Crippen LogP contribution in [0.1, 0.15) is 27.7 Å². The molecule has 0 rings (SSSR count). The monoisotopic (exact) mass is 177 g/mol. The van der Waals surface area contributed by atoms with Gasteiger partial charge in [-0.25, -0.2) is 0 Å². The minimum atomic E-state index is 0.610. The van der Waals surface area contributed by atoms with Crippen LogP contribution in [0.15, 0.2) is 0 Å². The van der Waals surface area contributed by atoms with E-state index in [1.165, 1.54) is 0 Å². The molecular formula is C9H20ClN. The zero-order valence-electron chi connectivity index (χ0n) is 8.10. The highest BCUT2D eigenvalue weighted by Gasteiger charge is 2.09. The molecule has 0 fully saturated rings. The first-order valence-electron chi connectivity index (χ1n) is 4.41. The second-order valence-electron chi connectivity index (χ2n) is 3.44. The van der Waals surface area contributed by atoms with Crippen molar-refractivity contribution in [3.63, 3.8) is 0 Å². The molecule has 0 saturated carbocycles. The Morgan fingerprint density at radius 1 is 1.27 bits per heavy atom. The first-order valence-corrected chi connectivity index (χ1v) is 4.95. The van der Waals surface area contributed by atoms with Gasteiger partial charge in [0.1, 0.15) is 0 Å². The largest absolute Gasteiger partial charge is 0.301 e. The molecule has 1 atom stereocenters. The molecule has 1 nitrogen and oxygen atoms in total. The van der Waals surface area contributed by atoms with Crippen LogP contribution < -0.4 is 0 Å². The first kappa shape index (κ1) is 11.2. The van der Waals surface area contributed by atoms with Gasteiger partial charge < -0.3 is 4.90 Å². The fourth-order valence-corrected chi connectivity index (χ4v) is 1.25. The van der Waals surface area contributed by atoms with Crippen LogP contribution in [0.25, 0.3) is 0 Å². The molecule has 0 saturated heterocycles. The number of hydrogen-bond acceptors (Lipinski definition) is 1. The van der Waals surface area contributed by atoms with E-state index >= 15 is 0 Å². The van der Waals surface area contributed by atoms with Crippen LogP contribution in [0, 0.1) is 5.92 Å². The summed E-state index contributed by atoms with van der Waals surface area (Å²) in [5, 5.41) is 0. The van der Waals surface area contributed by atoms with Crippen molar-refractivity contribution in [3.05, 3.63) is 0 Å². The van der Waals surface area contributed by atoms with Crippen molar-refractivity contribution in [2.24, 2.45) is 5.92 Å². The fraction of sp³-hybridized carbons (Fsp3) is 1.00. The predicted octanol–water partition coefficient (Wildman–Crippen LogP) is 2.59.